The zero-order chi connectivity index (χ0) is 14.8. The molecule has 0 saturated carbocycles. The molecule has 0 fully saturated rings. The average molecular weight is 266 g/mol. The molecule has 0 amide bonds. The lowest BCUT2D eigenvalue weighted by molar-refractivity contribution is -0.00548. The summed E-state index contributed by atoms with van der Waals surface area (Å²) in [6.07, 6.45) is 1.82. The highest BCUT2D eigenvalue weighted by molar-refractivity contribution is 5.41. The van der Waals surface area contributed by atoms with Gasteiger partial charge in [0.05, 0.1) is 18.4 Å². The fraction of sp³-hybridized carbons (Fsp3) is 0.667. The third-order valence-electron chi connectivity index (χ3n) is 3.98. The van der Waals surface area contributed by atoms with Gasteiger partial charge in [0.25, 0.3) is 0 Å². The molecule has 0 aliphatic heterocycles. The number of hydrogen-bond acceptors (Lipinski definition) is 4. The summed E-state index contributed by atoms with van der Waals surface area (Å²) in [6, 6.07) is 0. The quantitative estimate of drug-likeness (QED) is 0.859. The van der Waals surface area contributed by atoms with E-state index in [2.05, 4.69) is 10.3 Å². The Morgan fingerprint density at radius 3 is 2.32 bits per heavy atom. The second kappa shape index (κ2) is 5.47. The van der Waals surface area contributed by atoms with Crippen LogP contribution in [-0.2, 0) is 6.54 Å². The summed E-state index contributed by atoms with van der Waals surface area (Å²) in [7, 11) is 1.67. The number of pyridine rings is 1. The van der Waals surface area contributed by atoms with Crippen molar-refractivity contribution in [1.82, 2.24) is 10.3 Å². The molecule has 0 atom stereocenters. The minimum absolute atomic E-state index is 0.404. The molecule has 1 heterocycles. The van der Waals surface area contributed by atoms with E-state index in [0.717, 1.165) is 22.6 Å². The number of methoxy groups -OCH3 is 1. The van der Waals surface area contributed by atoms with Crippen LogP contribution in [0.25, 0.3) is 0 Å². The number of aryl methyl sites for hydroxylation is 1. The Kier molecular flexibility index (Phi) is 4.59. The summed E-state index contributed by atoms with van der Waals surface area (Å²) in [5, 5.41) is 13.5. The number of hydrogen-bond donors (Lipinski definition) is 2. The van der Waals surface area contributed by atoms with Crippen molar-refractivity contribution in [1.29, 1.82) is 0 Å². The lowest BCUT2D eigenvalue weighted by Crippen LogP contribution is -2.55. The first-order valence-corrected chi connectivity index (χ1v) is 6.56. The Labute approximate surface area is 116 Å². The van der Waals surface area contributed by atoms with Crippen LogP contribution in [0.4, 0.5) is 0 Å². The molecular weight excluding hydrogens is 240 g/mol. The maximum absolute atomic E-state index is 10.1. The standard InChI is InChI=1S/C15H26N2O2/c1-10-8-16-12(11(2)13(10)19-7)9-17-14(3,4)15(5,6)18/h8,17-18H,9H2,1-7H3. The Morgan fingerprint density at radius 2 is 1.84 bits per heavy atom. The largest absolute Gasteiger partial charge is 0.496 e. The maximum atomic E-state index is 10.1. The fourth-order valence-electron chi connectivity index (χ4n) is 1.77. The van der Waals surface area contributed by atoms with Crippen molar-refractivity contribution < 1.29 is 9.84 Å². The van der Waals surface area contributed by atoms with E-state index in [0.29, 0.717) is 6.54 Å². The minimum atomic E-state index is -0.810. The predicted octanol–water partition coefficient (Wildman–Crippen LogP) is 2.35. The van der Waals surface area contributed by atoms with Crippen molar-refractivity contribution in [2.45, 2.75) is 59.2 Å². The molecule has 0 saturated heterocycles. The second-order valence-electron chi connectivity index (χ2n) is 6.08. The van der Waals surface area contributed by atoms with Gasteiger partial charge in [0.2, 0.25) is 0 Å². The van der Waals surface area contributed by atoms with Crippen LogP contribution in [0.2, 0.25) is 0 Å². The lowest BCUT2D eigenvalue weighted by Gasteiger charge is -2.38. The van der Waals surface area contributed by atoms with Crippen LogP contribution in [-0.4, -0.2) is 28.3 Å². The molecule has 1 aromatic heterocycles. The average Bonchev–Trinajstić information content (AvgIpc) is 2.27. The van der Waals surface area contributed by atoms with E-state index in [-0.39, 0.29) is 0 Å². The molecule has 0 aliphatic carbocycles. The number of aromatic nitrogens is 1. The van der Waals surface area contributed by atoms with Crippen LogP contribution < -0.4 is 10.1 Å². The van der Waals surface area contributed by atoms with E-state index < -0.39 is 11.1 Å². The molecule has 19 heavy (non-hydrogen) atoms. The summed E-state index contributed by atoms with van der Waals surface area (Å²) in [4.78, 5) is 4.45. The van der Waals surface area contributed by atoms with Gasteiger partial charge in [-0.1, -0.05) is 0 Å². The van der Waals surface area contributed by atoms with E-state index in [1.165, 1.54) is 0 Å². The van der Waals surface area contributed by atoms with Crippen molar-refractivity contribution in [3.8, 4) is 5.75 Å². The molecule has 108 valence electrons. The Hall–Kier alpha value is -1.13. The molecule has 0 aromatic carbocycles. The van der Waals surface area contributed by atoms with Gasteiger partial charge in [0.1, 0.15) is 5.75 Å². The Balaban J connectivity index is 2.91. The van der Waals surface area contributed by atoms with Crippen LogP contribution in [0.15, 0.2) is 6.20 Å². The highest BCUT2D eigenvalue weighted by atomic mass is 16.5. The Bertz CT molecular complexity index is 448. The first-order valence-electron chi connectivity index (χ1n) is 6.56. The molecule has 1 aromatic rings. The zero-order valence-electron chi connectivity index (χ0n) is 13.1. The summed E-state index contributed by atoms with van der Waals surface area (Å²) in [6.45, 7) is 12.1. The molecule has 0 aliphatic rings. The van der Waals surface area contributed by atoms with Gasteiger partial charge in [-0.2, -0.15) is 0 Å². The van der Waals surface area contributed by atoms with E-state index in [4.69, 9.17) is 4.74 Å². The second-order valence-corrected chi connectivity index (χ2v) is 6.08. The van der Waals surface area contributed by atoms with Gasteiger partial charge in [-0.05, 0) is 41.5 Å². The predicted molar refractivity (Wildman–Crippen MR) is 77.5 cm³/mol. The highest BCUT2D eigenvalue weighted by Gasteiger charge is 2.34. The molecule has 0 spiro atoms. The van der Waals surface area contributed by atoms with E-state index in [1.54, 1.807) is 21.0 Å². The molecular formula is C15H26N2O2. The molecule has 4 heteroatoms. The van der Waals surface area contributed by atoms with Gasteiger partial charge in [-0.15, -0.1) is 0 Å². The van der Waals surface area contributed by atoms with Gasteiger partial charge >= 0.3 is 0 Å². The third-order valence-corrected chi connectivity index (χ3v) is 3.98. The smallest absolute Gasteiger partial charge is 0.128 e. The molecule has 4 nitrogen and oxygen atoms in total. The summed E-state index contributed by atoms with van der Waals surface area (Å²) < 4.78 is 5.40. The van der Waals surface area contributed by atoms with Gasteiger partial charge < -0.3 is 15.2 Å². The van der Waals surface area contributed by atoms with E-state index in [1.807, 2.05) is 33.9 Å². The first kappa shape index (κ1) is 15.9. The van der Waals surface area contributed by atoms with Crippen molar-refractivity contribution in [2.75, 3.05) is 7.11 Å². The number of nitrogens with zero attached hydrogens (tertiary/aromatic N) is 1. The Morgan fingerprint density at radius 1 is 1.26 bits per heavy atom. The van der Waals surface area contributed by atoms with Gasteiger partial charge in [-0.3, -0.25) is 4.98 Å². The monoisotopic (exact) mass is 266 g/mol. The molecule has 0 bridgehead atoms. The molecule has 0 radical (unpaired) electrons. The van der Waals surface area contributed by atoms with Crippen LogP contribution in [0.3, 0.4) is 0 Å². The first-order chi connectivity index (χ1) is 8.60. The highest BCUT2D eigenvalue weighted by Crippen LogP contribution is 2.25. The normalized spacial score (nSPS) is 12.6. The van der Waals surface area contributed by atoms with Crippen LogP contribution in [0.5, 0.6) is 5.75 Å². The molecule has 1 rings (SSSR count). The third kappa shape index (κ3) is 3.45. The van der Waals surface area contributed by atoms with Crippen LogP contribution in [0.1, 0.15) is 44.5 Å². The van der Waals surface area contributed by atoms with E-state index in [9.17, 15) is 5.11 Å². The molecule has 0 unspecified atom stereocenters. The van der Waals surface area contributed by atoms with Crippen molar-refractivity contribution in [2.24, 2.45) is 0 Å². The lowest BCUT2D eigenvalue weighted by atomic mass is 9.86. The summed E-state index contributed by atoms with van der Waals surface area (Å²) in [5.74, 6) is 0.882. The SMILES string of the molecule is COc1c(C)cnc(CNC(C)(C)C(C)(C)O)c1C. The molecule has 2 N–H and O–H groups in total. The zero-order valence-corrected chi connectivity index (χ0v) is 13.1. The number of aliphatic hydroxyl groups is 1. The van der Waals surface area contributed by atoms with Gasteiger partial charge in [0.15, 0.2) is 0 Å². The minimum Gasteiger partial charge on any atom is -0.496 e. The van der Waals surface area contributed by atoms with Crippen LogP contribution in [0, 0.1) is 13.8 Å². The van der Waals surface area contributed by atoms with Crippen molar-refractivity contribution in [3.63, 3.8) is 0 Å². The number of ether oxygens (including phenoxy) is 1. The van der Waals surface area contributed by atoms with Crippen molar-refractivity contribution in [3.05, 3.63) is 23.0 Å². The van der Waals surface area contributed by atoms with Gasteiger partial charge in [0, 0.05) is 29.4 Å². The maximum Gasteiger partial charge on any atom is 0.128 e. The number of nitrogens with one attached hydrogen (secondary N) is 1. The van der Waals surface area contributed by atoms with E-state index >= 15 is 0 Å². The van der Waals surface area contributed by atoms with Crippen LogP contribution >= 0.6 is 0 Å². The summed E-state index contributed by atoms with van der Waals surface area (Å²) >= 11 is 0. The van der Waals surface area contributed by atoms with Gasteiger partial charge in [-0.25, -0.2) is 0 Å². The fourth-order valence-corrected chi connectivity index (χ4v) is 1.77. The summed E-state index contributed by atoms with van der Waals surface area (Å²) in [5.41, 5.74) is 1.81. The topological polar surface area (TPSA) is 54.4 Å². The number of rotatable bonds is 5. The van der Waals surface area contributed by atoms with Crippen molar-refractivity contribution >= 4 is 0 Å².